The smallest absolute Gasteiger partial charge is 0.121 e. The molecule has 0 saturated heterocycles. The minimum Gasteiger partial charge on any atom is -0.494 e. The second-order valence-electron chi connectivity index (χ2n) is 4.81. The monoisotopic (exact) mass is 285 g/mol. The summed E-state index contributed by atoms with van der Waals surface area (Å²) in [5.41, 5.74) is 2.29. The summed E-state index contributed by atoms with van der Waals surface area (Å²) in [6.07, 6.45) is 1.03. The first-order valence-corrected chi connectivity index (χ1v) is 7.50. The number of hydrogen-bond donors (Lipinski definition) is 1. The van der Waals surface area contributed by atoms with Gasteiger partial charge in [-0.05, 0) is 43.2 Å². The van der Waals surface area contributed by atoms with Gasteiger partial charge in [-0.15, -0.1) is 0 Å². The average Bonchev–Trinajstić information content (AvgIpc) is 2.53. The summed E-state index contributed by atoms with van der Waals surface area (Å²) < 4.78 is 11.1. The highest BCUT2D eigenvalue weighted by Gasteiger charge is 1.98. The Labute approximate surface area is 126 Å². The van der Waals surface area contributed by atoms with Crippen LogP contribution >= 0.6 is 0 Å². The quantitative estimate of drug-likeness (QED) is 0.775. The molecule has 0 amide bonds. The van der Waals surface area contributed by atoms with E-state index in [1.165, 1.54) is 5.56 Å². The van der Waals surface area contributed by atoms with Gasteiger partial charge in [-0.2, -0.15) is 0 Å². The Bertz CT molecular complexity index is 537. The third-order valence-electron chi connectivity index (χ3n) is 3.04. The second kappa shape index (κ2) is 8.20. The molecule has 0 bridgehead atoms. The molecule has 2 aromatic rings. The summed E-state index contributed by atoms with van der Waals surface area (Å²) in [4.78, 5) is 0. The summed E-state index contributed by atoms with van der Waals surface area (Å²) in [5.74, 6) is 1.82. The van der Waals surface area contributed by atoms with Gasteiger partial charge in [0, 0.05) is 18.3 Å². The van der Waals surface area contributed by atoms with Crippen molar-refractivity contribution in [3.63, 3.8) is 0 Å². The van der Waals surface area contributed by atoms with E-state index in [0.717, 1.165) is 36.8 Å². The highest BCUT2D eigenvalue weighted by molar-refractivity contribution is 5.48. The average molecular weight is 285 g/mol. The molecule has 0 unspecified atom stereocenters. The van der Waals surface area contributed by atoms with Gasteiger partial charge in [-0.3, -0.25) is 0 Å². The number of benzene rings is 2. The molecule has 2 aromatic carbocycles. The van der Waals surface area contributed by atoms with Crippen LogP contribution in [-0.2, 0) is 6.54 Å². The van der Waals surface area contributed by atoms with Gasteiger partial charge in [-0.25, -0.2) is 0 Å². The predicted octanol–water partition coefficient (Wildman–Crippen LogP) is 4.49. The Morgan fingerprint density at radius 3 is 2.43 bits per heavy atom. The van der Waals surface area contributed by atoms with E-state index in [0.29, 0.717) is 6.61 Å². The van der Waals surface area contributed by atoms with Gasteiger partial charge < -0.3 is 14.8 Å². The van der Waals surface area contributed by atoms with E-state index in [-0.39, 0.29) is 0 Å². The molecule has 0 saturated carbocycles. The first kappa shape index (κ1) is 15.2. The number of rotatable bonds is 8. The Balaban J connectivity index is 1.88. The first-order valence-electron chi connectivity index (χ1n) is 7.50. The molecular formula is C18H23NO2. The molecular weight excluding hydrogens is 262 g/mol. The van der Waals surface area contributed by atoms with E-state index < -0.39 is 0 Å². The minimum absolute atomic E-state index is 0.683. The lowest BCUT2D eigenvalue weighted by molar-refractivity contribution is 0.317. The standard InChI is InChI=1S/C18H23NO2/c1-3-12-21-17-10-8-15(9-11-17)14-19-16-6-5-7-18(13-16)20-4-2/h5-11,13,19H,3-4,12,14H2,1-2H3. The molecule has 0 atom stereocenters. The van der Waals surface area contributed by atoms with Gasteiger partial charge in [0.15, 0.2) is 0 Å². The lowest BCUT2D eigenvalue weighted by atomic mass is 10.2. The van der Waals surface area contributed by atoms with E-state index in [1.807, 2.05) is 43.3 Å². The lowest BCUT2D eigenvalue weighted by Gasteiger charge is -2.10. The van der Waals surface area contributed by atoms with Crippen LogP contribution in [0.5, 0.6) is 11.5 Å². The van der Waals surface area contributed by atoms with Crippen molar-refractivity contribution in [3.05, 3.63) is 54.1 Å². The van der Waals surface area contributed by atoms with Crippen molar-refractivity contribution < 1.29 is 9.47 Å². The summed E-state index contributed by atoms with van der Waals surface area (Å²) >= 11 is 0. The third kappa shape index (κ3) is 5.03. The summed E-state index contributed by atoms with van der Waals surface area (Å²) in [7, 11) is 0. The molecule has 0 aliphatic heterocycles. The third-order valence-corrected chi connectivity index (χ3v) is 3.04. The van der Waals surface area contributed by atoms with Crippen LogP contribution in [-0.4, -0.2) is 13.2 Å². The largest absolute Gasteiger partial charge is 0.494 e. The Hall–Kier alpha value is -2.16. The van der Waals surface area contributed by atoms with Crippen LogP contribution in [0.25, 0.3) is 0 Å². The molecule has 0 radical (unpaired) electrons. The zero-order valence-corrected chi connectivity index (χ0v) is 12.8. The summed E-state index contributed by atoms with van der Waals surface area (Å²) in [6.45, 7) is 6.32. The molecule has 0 spiro atoms. The fourth-order valence-corrected chi connectivity index (χ4v) is 1.99. The zero-order valence-electron chi connectivity index (χ0n) is 12.8. The normalized spacial score (nSPS) is 10.2. The van der Waals surface area contributed by atoms with Crippen molar-refractivity contribution >= 4 is 5.69 Å². The molecule has 0 heterocycles. The predicted molar refractivity (Wildman–Crippen MR) is 87.2 cm³/mol. The Morgan fingerprint density at radius 2 is 1.71 bits per heavy atom. The number of hydrogen-bond acceptors (Lipinski definition) is 3. The number of anilines is 1. The van der Waals surface area contributed by atoms with Crippen molar-refractivity contribution in [3.8, 4) is 11.5 Å². The fourth-order valence-electron chi connectivity index (χ4n) is 1.99. The van der Waals surface area contributed by atoms with Crippen molar-refractivity contribution in [2.45, 2.75) is 26.8 Å². The van der Waals surface area contributed by atoms with Crippen molar-refractivity contribution in [2.24, 2.45) is 0 Å². The molecule has 0 fully saturated rings. The number of ether oxygens (including phenoxy) is 2. The maximum absolute atomic E-state index is 5.58. The molecule has 0 aliphatic rings. The van der Waals surface area contributed by atoms with Crippen LogP contribution < -0.4 is 14.8 Å². The molecule has 0 aromatic heterocycles. The van der Waals surface area contributed by atoms with Crippen LogP contribution in [0.4, 0.5) is 5.69 Å². The number of nitrogens with one attached hydrogen (secondary N) is 1. The van der Waals surface area contributed by atoms with Gasteiger partial charge in [0.25, 0.3) is 0 Å². The van der Waals surface area contributed by atoms with E-state index in [1.54, 1.807) is 0 Å². The van der Waals surface area contributed by atoms with Crippen LogP contribution in [0.15, 0.2) is 48.5 Å². The molecule has 112 valence electrons. The van der Waals surface area contributed by atoms with Crippen LogP contribution in [0.3, 0.4) is 0 Å². The molecule has 2 rings (SSSR count). The molecule has 21 heavy (non-hydrogen) atoms. The molecule has 3 nitrogen and oxygen atoms in total. The van der Waals surface area contributed by atoms with E-state index in [2.05, 4.69) is 24.4 Å². The highest BCUT2D eigenvalue weighted by atomic mass is 16.5. The summed E-state index contributed by atoms with van der Waals surface area (Å²) in [6, 6.07) is 16.2. The van der Waals surface area contributed by atoms with Crippen molar-refractivity contribution in [1.82, 2.24) is 0 Å². The topological polar surface area (TPSA) is 30.5 Å². The fraction of sp³-hybridized carbons (Fsp3) is 0.333. The van der Waals surface area contributed by atoms with Crippen molar-refractivity contribution in [1.29, 1.82) is 0 Å². The maximum Gasteiger partial charge on any atom is 0.121 e. The van der Waals surface area contributed by atoms with Crippen LogP contribution in [0.1, 0.15) is 25.8 Å². The molecule has 3 heteroatoms. The van der Waals surface area contributed by atoms with Crippen LogP contribution in [0, 0.1) is 0 Å². The van der Waals surface area contributed by atoms with Gasteiger partial charge in [-0.1, -0.05) is 25.1 Å². The van der Waals surface area contributed by atoms with E-state index in [4.69, 9.17) is 9.47 Å². The van der Waals surface area contributed by atoms with Gasteiger partial charge in [0.05, 0.1) is 13.2 Å². The Morgan fingerprint density at radius 1 is 0.905 bits per heavy atom. The van der Waals surface area contributed by atoms with Gasteiger partial charge in [0.1, 0.15) is 11.5 Å². The molecule has 0 aliphatic carbocycles. The maximum atomic E-state index is 5.58. The van der Waals surface area contributed by atoms with Crippen molar-refractivity contribution in [2.75, 3.05) is 18.5 Å². The minimum atomic E-state index is 0.683. The SMILES string of the molecule is CCCOc1ccc(CNc2cccc(OCC)c2)cc1. The van der Waals surface area contributed by atoms with Crippen LogP contribution in [0.2, 0.25) is 0 Å². The zero-order chi connectivity index (χ0) is 14.9. The second-order valence-corrected chi connectivity index (χ2v) is 4.81. The highest BCUT2D eigenvalue weighted by Crippen LogP contribution is 2.19. The molecule has 1 N–H and O–H groups in total. The van der Waals surface area contributed by atoms with Gasteiger partial charge >= 0.3 is 0 Å². The Kier molecular flexibility index (Phi) is 5.95. The van der Waals surface area contributed by atoms with E-state index in [9.17, 15) is 0 Å². The van der Waals surface area contributed by atoms with E-state index >= 15 is 0 Å². The lowest BCUT2D eigenvalue weighted by Crippen LogP contribution is -2.00. The first-order chi connectivity index (χ1) is 10.3. The van der Waals surface area contributed by atoms with Gasteiger partial charge in [0.2, 0.25) is 0 Å². The summed E-state index contributed by atoms with van der Waals surface area (Å²) in [5, 5.41) is 3.40.